The Balaban J connectivity index is 1.49. The van der Waals surface area contributed by atoms with E-state index in [9.17, 15) is 9.59 Å². The van der Waals surface area contributed by atoms with Crippen molar-refractivity contribution in [2.45, 2.75) is 12.5 Å². The Bertz CT molecular complexity index is 882. The summed E-state index contributed by atoms with van der Waals surface area (Å²) >= 11 is 6.01. The molecule has 2 amide bonds. The second-order valence-electron chi connectivity index (χ2n) is 6.47. The molecule has 8 heteroatoms. The van der Waals surface area contributed by atoms with E-state index in [-0.39, 0.29) is 11.9 Å². The van der Waals surface area contributed by atoms with Crippen LogP contribution in [0.1, 0.15) is 15.9 Å². The Kier molecular flexibility index (Phi) is 4.16. The number of nitrogens with zero attached hydrogens (tertiary/aromatic N) is 3. The summed E-state index contributed by atoms with van der Waals surface area (Å²) in [7, 11) is 0. The highest BCUT2D eigenvalue weighted by Crippen LogP contribution is 2.28. The van der Waals surface area contributed by atoms with Crippen LogP contribution in [0.4, 0.5) is 16.2 Å². The number of rotatable bonds is 3. The van der Waals surface area contributed by atoms with E-state index in [2.05, 4.69) is 10.3 Å². The molecule has 0 bridgehead atoms. The van der Waals surface area contributed by atoms with Crippen molar-refractivity contribution in [3.63, 3.8) is 0 Å². The summed E-state index contributed by atoms with van der Waals surface area (Å²) in [5, 5.41) is 12.8. The van der Waals surface area contributed by atoms with Gasteiger partial charge in [0.2, 0.25) is 0 Å². The van der Waals surface area contributed by atoms with Crippen molar-refractivity contribution < 1.29 is 14.7 Å². The highest BCUT2D eigenvalue weighted by atomic mass is 35.5. The molecule has 4 rings (SSSR count). The smallest absolute Gasteiger partial charge is 0.407 e. The number of carboxylic acid groups (broad SMARTS) is 1. The van der Waals surface area contributed by atoms with Crippen LogP contribution in [-0.2, 0) is 6.42 Å². The van der Waals surface area contributed by atoms with Gasteiger partial charge in [-0.05, 0) is 36.2 Å². The third-order valence-electron chi connectivity index (χ3n) is 4.71. The summed E-state index contributed by atoms with van der Waals surface area (Å²) < 4.78 is 0. The molecule has 2 aliphatic heterocycles. The number of fused-ring (bicyclic) bond motifs is 1. The zero-order valence-corrected chi connectivity index (χ0v) is 14.6. The molecule has 1 fully saturated rings. The first-order valence-corrected chi connectivity index (χ1v) is 8.69. The lowest BCUT2D eigenvalue weighted by Crippen LogP contribution is -2.56. The molecule has 7 nitrogen and oxygen atoms in total. The molecule has 1 saturated heterocycles. The number of pyridine rings is 1. The van der Waals surface area contributed by atoms with Crippen molar-refractivity contribution in [2.75, 3.05) is 29.9 Å². The van der Waals surface area contributed by atoms with E-state index in [1.165, 1.54) is 4.90 Å². The molecule has 0 aliphatic carbocycles. The first-order chi connectivity index (χ1) is 12.5. The van der Waals surface area contributed by atoms with Gasteiger partial charge in [0, 0.05) is 30.2 Å². The molecule has 2 aromatic rings. The number of halogens is 1. The van der Waals surface area contributed by atoms with Gasteiger partial charge in [-0.25, -0.2) is 4.79 Å². The van der Waals surface area contributed by atoms with Gasteiger partial charge in [-0.2, -0.15) is 0 Å². The molecule has 1 aromatic carbocycles. The van der Waals surface area contributed by atoms with Crippen LogP contribution in [0.3, 0.4) is 0 Å². The van der Waals surface area contributed by atoms with Gasteiger partial charge in [0.1, 0.15) is 0 Å². The summed E-state index contributed by atoms with van der Waals surface area (Å²) in [4.78, 5) is 30.9. The number of carbonyl (C=O) groups excluding carboxylic acids is 1. The fraction of sp³-hybridized carbons (Fsp3) is 0.278. The third-order valence-corrected chi connectivity index (χ3v) is 4.94. The van der Waals surface area contributed by atoms with Gasteiger partial charge >= 0.3 is 6.09 Å². The zero-order chi connectivity index (χ0) is 18.3. The lowest BCUT2D eigenvalue weighted by atomic mass is 9.99. The topological polar surface area (TPSA) is 85.8 Å². The Labute approximate surface area is 155 Å². The SMILES string of the molecule is O=C(O)N1CC(Nc2cncc(N3CCc4cc(Cl)ccc4C3=O)c2)C1. The van der Waals surface area contributed by atoms with Gasteiger partial charge in [-0.1, -0.05) is 11.6 Å². The minimum absolute atomic E-state index is 0.0584. The third kappa shape index (κ3) is 3.06. The Hall–Kier alpha value is -2.80. The van der Waals surface area contributed by atoms with Crippen LogP contribution in [-0.4, -0.2) is 52.7 Å². The lowest BCUT2D eigenvalue weighted by molar-refractivity contribution is 0.0980. The minimum atomic E-state index is -0.910. The van der Waals surface area contributed by atoms with Gasteiger partial charge in [0.05, 0.1) is 29.8 Å². The fourth-order valence-corrected chi connectivity index (χ4v) is 3.51. The Morgan fingerprint density at radius 1 is 1.27 bits per heavy atom. The lowest BCUT2D eigenvalue weighted by Gasteiger charge is -2.38. The highest BCUT2D eigenvalue weighted by Gasteiger charge is 2.31. The van der Waals surface area contributed by atoms with Crippen molar-refractivity contribution >= 4 is 35.0 Å². The Morgan fingerprint density at radius 2 is 2.08 bits per heavy atom. The first kappa shape index (κ1) is 16.7. The summed E-state index contributed by atoms with van der Waals surface area (Å²) in [6, 6.07) is 7.25. The molecule has 0 spiro atoms. The second-order valence-corrected chi connectivity index (χ2v) is 6.91. The molecule has 0 saturated carbocycles. The zero-order valence-electron chi connectivity index (χ0n) is 13.9. The standard InChI is InChI=1S/C18H17ClN4O3/c19-12-1-2-16-11(5-12)3-4-23(17(16)24)15-6-13(7-20-8-15)21-14-9-22(10-14)18(25)26/h1-2,5-8,14,21H,3-4,9-10H2,(H,25,26). The maximum atomic E-state index is 12.8. The molecule has 0 unspecified atom stereocenters. The number of anilines is 2. The number of hydrogen-bond acceptors (Lipinski definition) is 4. The molecule has 0 atom stereocenters. The van der Waals surface area contributed by atoms with Crippen LogP contribution < -0.4 is 10.2 Å². The van der Waals surface area contributed by atoms with Crippen molar-refractivity contribution in [1.82, 2.24) is 9.88 Å². The Morgan fingerprint density at radius 3 is 2.85 bits per heavy atom. The van der Waals surface area contributed by atoms with Gasteiger partial charge in [0.25, 0.3) is 5.91 Å². The van der Waals surface area contributed by atoms with E-state index < -0.39 is 6.09 Å². The van der Waals surface area contributed by atoms with E-state index in [0.29, 0.717) is 30.2 Å². The average molecular weight is 373 g/mol. The van der Waals surface area contributed by atoms with Crippen LogP contribution >= 0.6 is 11.6 Å². The van der Waals surface area contributed by atoms with Crippen LogP contribution in [0.25, 0.3) is 0 Å². The molecule has 3 heterocycles. The first-order valence-electron chi connectivity index (χ1n) is 8.31. The minimum Gasteiger partial charge on any atom is -0.465 e. The molecular formula is C18H17ClN4O3. The van der Waals surface area contributed by atoms with E-state index >= 15 is 0 Å². The van der Waals surface area contributed by atoms with Crippen molar-refractivity contribution in [2.24, 2.45) is 0 Å². The second kappa shape index (κ2) is 6.49. The molecule has 1 aromatic heterocycles. The number of nitrogens with one attached hydrogen (secondary N) is 1. The van der Waals surface area contributed by atoms with Crippen LogP contribution in [0.15, 0.2) is 36.7 Å². The fourth-order valence-electron chi connectivity index (χ4n) is 3.32. The van der Waals surface area contributed by atoms with Gasteiger partial charge in [-0.15, -0.1) is 0 Å². The maximum Gasteiger partial charge on any atom is 0.407 e. The molecule has 134 valence electrons. The van der Waals surface area contributed by atoms with E-state index in [0.717, 1.165) is 23.4 Å². The van der Waals surface area contributed by atoms with Gasteiger partial charge in [0.15, 0.2) is 0 Å². The number of hydrogen-bond donors (Lipinski definition) is 2. The highest BCUT2D eigenvalue weighted by molar-refractivity contribution is 6.30. The van der Waals surface area contributed by atoms with Gasteiger partial charge < -0.3 is 20.2 Å². The quantitative estimate of drug-likeness (QED) is 0.865. The number of aromatic nitrogens is 1. The predicted molar refractivity (Wildman–Crippen MR) is 98.1 cm³/mol. The summed E-state index contributed by atoms with van der Waals surface area (Å²) in [6.45, 7) is 1.44. The largest absolute Gasteiger partial charge is 0.465 e. The summed E-state index contributed by atoms with van der Waals surface area (Å²) in [5.74, 6) is -0.0671. The van der Waals surface area contributed by atoms with Gasteiger partial charge in [-0.3, -0.25) is 9.78 Å². The molecular weight excluding hydrogens is 356 g/mol. The maximum absolute atomic E-state index is 12.8. The van der Waals surface area contributed by atoms with Crippen LogP contribution in [0, 0.1) is 0 Å². The monoisotopic (exact) mass is 372 g/mol. The number of benzene rings is 1. The predicted octanol–water partition coefficient (Wildman–Crippen LogP) is 2.71. The molecule has 0 radical (unpaired) electrons. The summed E-state index contributed by atoms with van der Waals surface area (Å²) in [5.41, 5.74) is 3.11. The van der Waals surface area contributed by atoms with Crippen molar-refractivity contribution in [3.05, 3.63) is 52.8 Å². The number of carbonyl (C=O) groups is 2. The summed E-state index contributed by atoms with van der Waals surface area (Å²) in [6.07, 6.45) is 3.16. The van der Waals surface area contributed by atoms with Crippen LogP contribution in [0.2, 0.25) is 5.02 Å². The van der Waals surface area contributed by atoms with E-state index in [1.54, 1.807) is 29.4 Å². The number of likely N-dealkylation sites (tertiary alicyclic amines) is 1. The average Bonchev–Trinajstić information content (AvgIpc) is 2.58. The van der Waals surface area contributed by atoms with Crippen molar-refractivity contribution in [3.8, 4) is 0 Å². The van der Waals surface area contributed by atoms with E-state index in [4.69, 9.17) is 16.7 Å². The van der Waals surface area contributed by atoms with Crippen LogP contribution in [0.5, 0.6) is 0 Å². The van der Waals surface area contributed by atoms with Crippen molar-refractivity contribution in [1.29, 1.82) is 0 Å². The molecule has 26 heavy (non-hydrogen) atoms. The van der Waals surface area contributed by atoms with E-state index in [1.807, 2.05) is 12.1 Å². The normalized spacial score (nSPS) is 16.9. The number of amides is 2. The molecule has 2 aliphatic rings. The molecule has 2 N–H and O–H groups in total.